The van der Waals surface area contributed by atoms with Gasteiger partial charge in [-0.25, -0.2) is 14.2 Å². The zero-order valence-electron chi connectivity index (χ0n) is 12.3. The van der Waals surface area contributed by atoms with Gasteiger partial charge in [-0.3, -0.25) is 0 Å². The van der Waals surface area contributed by atoms with E-state index >= 15 is 0 Å². The Morgan fingerprint density at radius 1 is 1.25 bits per heavy atom. The summed E-state index contributed by atoms with van der Waals surface area (Å²) in [6.45, 7) is 7.39. The number of fused-ring (bicyclic) bond motifs is 1. The van der Waals surface area contributed by atoms with Gasteiger partial charge in [-0.15, -0.1) is 0 Å². The predicted octanol–water partition coefficient (Wildman–Crippen LogP) is 1.05. The summed E-state index contributed by atoms with van der Waals surface area (Å²) in [7, 11) is 1.77. The first-order valence-corrected chi connectivity index (χ1v) is 6.02. The molecule has 0 atom stereocenters. The van der Waals surface area contributed by atoms with Gasteiger partial charge in [0.25, 0.3) is 5.65 Å². The minimum atomic E-state index is -1.19. The van der Waals surface area contributed by atoms with Gasteiger partial charge < -0.3 is 5.11 Å². The molecule has 20 heavy (non-hydrogen) atoms. The maximum atomic E-state index is 12.4. The summed E-state index contributed by atoms with van der Waals surface area (Å²) in [5.41, 5.74) is 3.36. The normalized spacial score (nSPS) is 10.4. The molecular formula is C14H17N2O3Y+. The molecule has 1 radical (unpaired) electrons. The van der Waals surface area contributed by atoms with Crippen LogP contribution in [0.4, 0.5) is 0 Å². The van der Waals surface area contributed by atoms with E-state index in [1.54, 1.807) is 18.5 Å². The Kier molecular flexibility index (Phi) is 4.87. The maximum absolute atomic E-state index is 12.4. The van der Waals surface area contributed by atoms with E-state index in [1.807, 2.05) is 26.8 Å². The van der Waals surface area contributed by atoms with Crippen LogP contribution in [-0.2, 0) is 39.8 Å². The molecule has 6 heteroatoms. The van der Waals surface area contributed by atoms with Crippen molar-refractivity contribution in [2.24, 2.45) is 7.05 Å². The fourth-order valence-corrected chi connectivity index (χ4v) is 2.35. The maximum Gasteiger partial charge on any atom is 0.357 e. The Bertz CT molecular complexity index is 779. The SMILES string of the molecule is Cc1cc2n(c(C)c1C)c(=O)c(C(=O)O)c(C)[n+]2C.[Y]. The number of hydrogen-bond acceptors (Lipinski definition) is 2. The smallest absolute Gasteiger partial charge is 0.357 e. The van der Waals surface area contributed by atoms with Crippen LogP contribution in [0.5, 0.6) is 0 Å². The number of nitrogens with zero attached hydrogens (tertiary/aromatic N) is 2. The van der Waals surface area contributed by atoms with E-state index in [-0.39, 0.29) is 38.3 Å². The van der Waals surface area contributed by atoms with Crippen LogP contribution in [-0.4, -0.2) is 15.5 Å². The summed E-state index contributed by atoms with van der Waals surface area (Å²) in [5, 5.41) is 9.22. The van der Waals surface area contributed by atoms with Crippen molar-refractivity contribution < 1.29 is 47.2 Å². The third-order valence-corrected chi connectivity index (χ3v) is 3.88. The van der Waals surface area contributed by atoms with Crippen LogP contribution in [0.15, 0.2) is 10.9 Å². The third-order valence-electron chi connectivity index (χ3n) is 3.88. The second-order valence-electron chi connectivity index (χ2n) is 4.86. The van der Waals surface area contributed by atoms with Crippen molar-refractivity contribution in [1.29, 1.82) is 0 Å². The molecule has 1 N–H and O–H groups in total. The Morgan fingerprint density at radius 3 is 2.30 bits per heavy atom. The Balaban J connectivity index is 0.00000200. The molecule has 2 heterocycles. The monoisotopic (exact) mass is 350 g/mol. The first-order valence-electron chi connectivity index (χ1n) is 6.02. The molecule has 0 aliphatic rings. The van der Waals surface area contributed by atoms with Gasteiger partial charge in [-0.05, 0) is 38.8 Å². The van der Waals surface area contributed by atoms with Crippen LogP contribution in [0.2, 0.25) is 0 Å². The van der Waals surface area contributed by atoms with E-state index in [2.05, 4.69) is 0 Å². The van der Waals surface area contributed by atoms with Crippen LogP contribution in [0.25, 0.3) is 5.65 Å². The fraction of sp³-hybridized carbons (Fsp3) is 0.357. The average Bonchev–Trinajstić information content (AvgIpc) is 2.32. The average molecular weight is 350 g/mol. The van der Waals surface area contributed by atoms with Crippen molar-refractivity contribution in [3.63, 3.8) is 0 Å². The summed E-state index contributed by atoms with van der Waals surface area (Å²) in [5.74, 6) is -1.19. The number of rotatable bonds is 1. The minimum absolute atomic E-state index is 0. The standard InChI is InChI=1S/C14H16N2O3.Y/c1-7-6-11-15(5)10(4)12(14(18)19)13(17)16(11)9(3)8(7)2;/h6H,1-5H3;/p+1. The van der Waals surface area contributed by atoms with Crippen LogP contribution < -0.4 is 10.1 Å². The molecule has 0 aromatic carbocycles. The second kappa shape index (κ2) is 5.74. The van der Waals surface area contributed by atoms with Gasteiger partial charge in [-0.2, -0.15) is 4.40 Å². The number of hydrogen-bond donors (Lipinski definition) is 1. The molecule has 103 valence electrons. The fourth-order valence-electron chi connectivity index (χ4n) is 2.35. The largest absolute Gasteiger partial charge is 0.477 e. The molecule has 0 spiro atoms. The van der Waals surface area contributed by atoms with Crippen molar-refractivity contribution in [2.45, 2.75) is 27.7 Å². The molecule has 0 aliphatic carbocycles. The van der Waals surface area contributed by atoms with E-state index in [0.717, 1.165) is 16.8 Å². The number of aryl methyl sites for hydroxylation is 3. The summed E-state index contributed by atoms with van der Waals surface area (Å²) in [4.78, 5) is 23.7. The van der Waals surface area contributed by atoms with Gasteiger partial charge in [0.1, 0.15) is 11.4 Å². The molecule has 0 unspecified atom stereocenters. The van der Waals surface area contributed by atoms with Gasteiger partial charge in [0.2, 0.25) is 0 Å². The number of aromatic nitrogens is 2. The molecule has 0 saturated heterocycles. The van der Waals surface area contributed by atoms with Crippen LogP contribution in [0.3, 0.4) is 0 Å². The molecule has 0 aliphatic heterocycles. The summed E-state index contributed by atoms with van der Waals surface area (Å²) < 4.78 is 3.21. The van der Waals surface area contributed by atoms with Crippen molar-refractivity contribution in [3.05, 3.63) is 44.5 Å². The van der Waals surface area contributed by atoms with Crippen molar-refractivity contribution in [2.75, 3.05) is 0 Å². The molecule has 0 fully saturated rings. The number of pyridine rings is 1. The summed E-state index contributed by atoms with van der Waals surface area (Å²) >= 11 is 0. The van der Waals surface area contributed by atoms with Gasteiger partial charge in [0.05, 0.1) is 7.05 Å². The Hall–Kier alpha value is -1.07. The zero-order chi connectivity index (χ0) is 14.5. The van der Waals surface area contributed by atoms with Crippen molar-refractivity contribution in [1.82, 2.24) is 4.40 Å². The quantitative estimate of drug-likeness (QED) is 0.783. The molecule has 5 nitrogen and oxygen atoms in total. The van der Waals surface area contributed by atoms with Gasteiger partial charge in [0, 0.05) is 38.8 Å². The minimum Gasteiger partial charge on any atom is -0.477 e. The molecule has 0 amide bonds. The molecular weight excluding hydrogens is 333 g/mol. The van der Waals surface area contributed by atoms with Crippen LogP contribution in [0, 0.1) is 27.7 Å². The van der Waals surface area contributed by atoms with E-state index in [9.17, 15) is 14.7 Å². The van der Waals surface area contributed by atoms with Gasteiger partial charge in [0.15, 0.2) is 5.56 Å². The summed E-state index contributed by atoms with van der Waals surface area (Å²) in [6.07, 6.45) is 0. The second-order valence-corrected chi connectivity index (χ2v) is 4.86. The van der Waals surface area contributed by atoms with E-state index < -0.39 is 11.5 Å². The van der Waals surface area contributed by atoms with Crippen LogP contribution >= 0.6 is 0 Å². The van der Waals surface area contributed by atoms with Crippen LogP contribution in [0.1, 0.15) is 32.9 Å². The molecule has 0 bridgehead atoms. The number of carbonyl (C=O) groups is 1. The number of carboxylic acids is 1. The third kappa shape index (κ3) is 2.33. The van der Waals surface area contributed by atoms with E-state index in [1.165, 1.54) is 4.40 Å². The first-order chi connectivity index (χ1) is 8.77. The summed E-state index contributed by atoms with van der Waals surface area (Å²) in [6, 6.07) is 1.91. The van der Waals surface area contributed by atoms with Gasteiger partial charge >= 0.3 is 11.5 Å². The first kappa shape index (κ1) is 17.0. The van der Waals surface area contributed by atoms with Gasteiger partial charge in [-0.1, -0.05) is 0 Å². The number of carboxylic acid groups (broad SMARTS) is 1. The number of aromatic carboxylic acids is 1. The molecule has 2 aromatic rings. The predicted molar refractivity (Wildman–Crippen MR) is 70.8 cm³/mol. The van der Waals surface area contributed by atoms with E-state index in [0.29, 0.717) is 11.3 Å². The van der Waals surface area contributed by atoms with E-state index in [4.69, 9.17) is 0 Å². The molecule has 2 rings (SSSR count). The molecule has 2 aromatic heterocycles. The van der Waals surface area contributed by atoms with Crippen molar-refractivity contribution >= 4 is 11.6 Å². The Labute approximate surface area is 142 Å². The molecule has 0 saturated carbocycles. The topological polar surface area (TPSA) is 62.7 Å². The zero-order valence-corrected chi connectivity index (χ0v) is 15.2. The Morgan fingerprint density at radius 2 is 1.80 bits per heavy atom. The van der Waals surface area contributed by atoms with Crippen molar-refractivity contribution in [3.8, 4) is 0 Å².